The van der Waals surface area contributed by atoms with Crippen LogP contribution in [0.15, 0.2) is 134 Å². The van der Waals surface area contributed by atoms with Crippen molar-refractivity contribution in [2.24, 2.45) is 0 Å². The lowest BCUT2D eigenvalue weighted by atomic mass is 10.1. The number of esters is 3. The molecule has 0 rings (SSSR count). The summed E-state index contributed by atoms with van der Waals surface area (Å²) in [5, 5.41) is 0. The Bertz CT molecular complexity index is 1480. The number of carbonyl (C=O) groups excluding carboxylic acids is 3. The highest BCUT2D eigenvalue weighted by Gasteiger charge is 2.19. The lowest BCUT2D eigenvalue weighted by molar-refractivity contribution is -0.167. The van der Waals surface area contributed by atoms with Gasteiger partial charge in [0.1, 0.15) is 13.2 Å². The summed E-state index contributed by atoms with van der Waals surface area (Å²) in [4.78, 5) is 38.1. The van der Waals surface area contributed by atoms with Gasteiger partial charge in [-0.1, -0.05) is 244 Å². The van der Waals surface area contributed by atoms with Gasteiger partial charge in [0, 0.05) is 19.3 Å². The van der Waals surface area contributed by atoms with Crippen LogP contribution >= 0.6 is 0 Å². The Kier molecular flexibility index (Phi) is 50.6. The van der Waals surface area contributed by atoms with E-state index in [0.717, 1.165) is 109 Å². The standard InChI is InChI=1S/C61H96O6/c1-4-7-10-13-16-19-22-25-28-30-31-34-36-39-42-45-48-51-54-60(63)66-57-58(56-65-59(62)53-50-47-44-41-38-35-32-27-24-21-18-15-12-9-6-3)67-61(64)55-52-49-46-43-40-37-33-29-26-23-20-17-14-11-8-5-2/h9-10,12-13,15-16,18-19,21-22,24-25,27-35,38,58H,4-8,11,14,17,20,23,26,36-37,39-57H2,1-3H3/b12-9-,13-10-,18-15-,19-16-,24-21-,25-22-,30-28-,32-27-,33-29-,34-31-,38-35-. The fourth-order valence-electron chi connectivity index (χ4n) is 6.84. The third kappa shape index (κ3) is 52.4. The fourth-order valence-corrected chi connectivity index (χ4v) is 6.84. The van der Waals surface area contributed by atoms with Crippen molar-refractivity contribution in [1.82, 2.24) is 0 Å². The van der Waals surface area contributed by atoms with Gasteiger partial charge >= 0.3 is 17.9 Å². The van der Waals surface area contributed by atoms with Crippen molar-refractivity contribution in [2.75, 3.05) is 13.2 Å². The van der Waals surface area contributed by atoms with Crippen LogP contribution in [0.1, 0.15) is 213 Å². The first-order chi connectivity index (χ1) is 33.0. The zero-order valence-corrected chi connectivity index (χ0v) is 42.9. The molecule has 0 aliphatic rings. The van der Waals surface area contributed by atoms with E-state index < -0.39 is 6.10 Å². The van der Waals surface area contributed by atoms with Gasteiger partial charge in [0.2, 0.25) is 0 Å². The van der Waals surface area contributed by atoms with E-state index in [4.69, 9.17) is 14.2 Å². The van der Waals surface area contributed by atoms with E-state index >= 15 is 0 Å². The smallest absolute Gasteiger partial charge is 0.306 e. The lowest BCUT2D eigenvalue weighted by Crippen LogP contribution is -2.30. The molecule has 0 amide bonds. The third-order valence-corrected chi connectivity index (χ3v) is 10.8. The average Bonchev–Trinajstić information content (AvgIpc) is 3.33. The Morgan fingerprint density at radius 1 is 0.313 bits per heavy atom. The van der Waals surface area contributed by atoms with Crippen LogP contribution in [0, 0.1) is 0 Å². The van der Waals surface area contributed by atoms with Gasteiger partial charge in [0.25, 0.3) is 0 Å². The molecule has 0 aliphatic heterocycles. The molecule has 376 valence electrons. The maximum Gasteiger partial charge on any atom is 0.306 e. The van der Waals surface area contributed by atoms with E-state index in [1.165, 1.54) is 64.2 Å². The molecule has 0 saturated heterocycles. The molecule has 0 aliphatic carbocycles. The zero-order chi connectivity index (χ0) is 48.6. The van der Waals surface area contributed by atoms with Crippen LogP contribution in [-0.2, 0) is 28.6 Å². The normalized spacial score (nSPS) is 13.2. The van der Waals surface area contributed by atoms with Gasteiger partial charge in [-0.3, -0.25) is 14.4 Å². The van der Waals surface area contributed by atoms with E-state index in [2.05, 4.69) is 69.4 Å². The minimum atomic E-state index is -0.816. The number of carbonyl (C=O) groups is 3. The highest BCUT2D eigenvalue weighted by molar-refractivity contribution is 5.71. The number of hydrogen-bond acceptors (Lipinski definition) is 6. The van der Waals surface area contributed by atoms with E-state index in [9.17, 15) is 14.4 Å². The Balaban J connectivity index is 4.56. The summed E-state index contributed by atoms with van der Waals surface area (Å²) >= 11 is 0. The van der Waals surface area contributed by atoms with Crippen molar-refractivity contribution in [3.05, 3.63) is 134 Å². The molecule has 67 heavy (non-hydrogen) atoms. The molecule has 0 fully saturated rings. The predicted molar refractivity (Wildman–Crippen MR) is 288 cm³/mol. The Morgan fingerprint density at radius 2 is 0.627 bits per heavy atom. The maximum absolute atomic E-state index is 12.8. The number of rotatable bonds is 46. The Morgan fingerprint density at radius 3 is 1.03 bits per heavy atom. The van der Waals surface area contributed by atoms with Crippen LogP contribution in [0.25, 0.3) is 0 Å². The molecule has 0 N–H and O–H groups in total. The predicted octanol–water partition coefficient (Wildman–Crippen LogP) is 17.9. The molecule has 0 bridgehead atoms. The van der Waals surface area contributed by atoms with Crippen LogP contribution in [0.3, 0.4) is 0 Å². The SMILES string of the molecule is CC\C=C/C=C\C=C/C=C\C=C/CCCCCC(=O)OCC(COC(=O)CCCCCCC\C=C/C=C\C=C/C=C\C=C/CCC)OC(=O)CCCCCCC/C=C\CCCCCCCCC. The van der Waals surface area contributed by atoms with Gasteiger partial charge in [0.15, 0.2) is 6.10 Å². The van der Waals surface area contributed by atoms with Crippen molar-refractivity contribution in [3.63, 3.8) is 0 Å². The lowest BCUT2D eigenvalue weighted by Gasteiger charge is -2.18. The summed E-state index contributed by atoms with van der Waals surface area (Å²) in [6, 6.07) is 0. The van der Waals surface area contributed by atoms with Gasteiger partial charge < -0.3 is 14.2 Å². The van der Waals surface area contributed by atoms with Crippen molar-refractivity contribution in [2.45, 2.75) is 219 Å². The molecule has 1 atom stereocenters. The number of allylic oxidation sites excluding steroid dienone is 22. The van der Waals surface area contributed by atoms with Crippen LogP contribution in [-0.4, -0.2) is 37.2 Å². The molecular weight excluding hydrogens is 829 g/mol. The summed E-state index contributed by atoms with van der Waals surface area (Å²) in [5.74, 6) is -0.994. The topological polar surface area (TPSA) is 78.9 Å². The van der Waals surface area contributed by atoms with Crippen LogP contribution in [0.5, 0.6) is 0 Å². The van der Waals surface area contributed by atoms with Crippen LogP contribution in [0.4, 0.5) is 0 Å². The van der Waals surface area contributed by atoms with Crippen molar-refractivity contribution in [3.8, 4) is 0 Å². The molecule has 0 heterocycles. The second kappa shape index (κ2) is 54.2. The zero-order valence-electron chi connectivity index (χ0n) is 42.9. The quantitative estimate of drug-likeness (QED) is 0.0199. The van der Waals surface area contributed by atoms with Crippen LogP contribution in [0.2, 0.25) is 0 Å². The minimum Gasteiger partial charge on any atom is -0.462 e. The summed E-state index contributed by atoms with van der Waals surface area (Å²) in [6.45, 7) is 6.32. The molecule has 0 aromatic carbocycles. The van der Waals surface area contributed by atoms with Crippen molar-refractivity contribution < 1.29 is 28.6 Å². The monoisotopic (exact) mass is 925 g/mol. The molecule has 1 unspecified atom stereocenters. The molecule has 0 spiro atoms. The Hall–Kier alpha value is -4.45. The van der Waals surface area contributed by atoms with Gasteiger partial charge in [0.05, 0.1) is 0 Å². The van der Waals surface area contributed by atoms with E-state index in [0.29, 0.717) is 19.3 Å². The number of ether oxygens (including phenoxy) is 3. The molecule has 0 saturated carbocycles. The molecule has 0 aromatic rings. The van der Waals surface area contributed by atoms with Gasteiger partial charge in [-0.2, -0.15) is 0 Å². The van der Waals surface area contributed by atoms with Gasteiger partial charge in [-0.25, -0.2) is 0 Å². The molecule has 6 heteroatoms. The summed E-state index contributed by atoms with van der Waals surface area (Å²) in [7, 11) is 0. The number of unbranched alkanes of at least 4 members (excludes halogenated alkanes) is 21. The maximum atomic E-state index is 12.8. The Labute approximate surface area is 411 Å². The second-order valence-corrected chi connectivity index (χ2v) is 17.3. The van der Waals surface area contributed by atoms with E-state index in [-0.39, 0.29) is 31.1 Å². The highest BCUT2D eigenvalue weighted by atomic mass is 16.6. The largest absolute Gasteiger partial charge is 0.462 e. The minimum absolute atomic E-state index is 0.114. The fraction of sp³-hybridized carbons (Fsp3) is 0.590. The first-order valence-electron chi connectivity index (χ1n) is 26.8. The summed E-state index contributed by atoms with van der Waals surface area (Å²) < 4.78 is 16.8. The average molecular weight is 925 g/mol. The van der Waals surface area contributed by atoms with E-state index in [1.54, 1.807) is 0 Å². The molecule has 0 aromatic heterocycles. The molecule has 6 nitrogen and oxygen atoms in total. The van der Waals surface area contributed by atoms with Crippen molar-refractivity contribution >= 4 is 17.9 Å². The molecule has 0 radical (unpaired) electrons. The third-order valence-electron chi connectivity index (χ3n) is 10.8. The highest BCUT2D eigenvalue weighted by Crippen LogP contribution is 2.13. The first kappa shape index (κ1) is 62.5. The first-order valence-corrected chi connectivity index (χ1v) is 26.8. The summed E-state index contributed by atoms with van der Waals surface area (Å²) in [5.41, 5.74) is 0. The van der Waals surface area contributed by atoms with Gasteiger partial charge in [-0.15, -0.1) is 0 Å². The number of hydrogen-bond donors (Lipinski definition) is 0. The van der Waals surface area contributed by atoms with E-state index in [1.807, 2.05) is 85.1 Å². The molecular formula is C61H96O6. The van der Waals surface area contributed by atoms with Crippen molar-refractivity contribution in [1.29, 1.82) is 0 Å². The van der Waals surface area contributed by atoms with Crippen LogP contribution < -0.4 is 0 Å². The summed E-state index contributed by atoms with van der Waals surface area (Å²) in [6.07, 6.45) is 75.7. The second-order valence-electron chi connectivity index (χ2n) is 17.3. The van der Waals surface area contributed by atoms with Gasteiger partial charge in [-0.05, 0) is 83.5 Å².